The highest BCUT2D eigenvalue weighted by molar-refractivity contribution is 5.99. The van der Waals surface area contributed by atoms with Crippen LogP contribution in [0.2, 0.25) is 0 Å². The van der Waals surface area contributed by atoms with E-state index >= 15 is 0 Å². The lowest BCUT2D eigenvalue weighted by atomic mass is 9.85. The van der Waals surface area contributed by atoms with E-state index in [0.29, 0.717) is 11.1 Å². The fourth-order valence-electron chi connectivity index (χ4n) is 5.07. The maximum absolute atomic E-state index is 13.8. The van der Waals surface area contributed by atoms with Crippen LogP contribution in [0.3, 0.4) is 0 Å². The van der Waals surface area contributed by atoms with E-state index in [-0.39, 0.29) is 24.3 Å². The van der Waals surface area contributed by atoms with Crippen LogP contribution >= 0.6 is 0 Å². The van der Waals surface area contributed by atoms with Crippen LogP contribution in [0.15, 0.2) is 71.9 Å². The molecule has 9 nitrogen and oxygen atoms in total. The zero-order chi connectivity index (χ0) is 29.0. The molecule has 1 aliphatic heterocycles. The number of benzene rings is 3. The van der Waals surface area contributed by atoms with Crippen LogP contribution in [0.1, 0.15) is 61.1 Å². The summed E-state index contributed by atoms with van der Waals surface area (Å²) in [7, 11) is 1.39. The number of carbonyl (C=O) groups excluding carboxylic acids is 3. The van der Waals surface area contributed by atoms with Crippen LogP contribution in [0.25, 0.3) is 10.8 Å². The van der Waals surface area contributed by atoms with Crippen LogP contribution in [0.4, 0.5) is 0 Å². The highest BCUT2D eigenvalue weighted by Gasteiger charge is 2.49. The highest BCUT2D eigenvalue weighted by atomic mass is 16.7. The molecule has 0 bridgehead atoms. The Balaban J connectivity index is 1.64. The number of carbonyl (C=O) groups is 4. The van der Waals surface area contributed by atoms with Crippen molar-refractivity contribution in [3.05, 3.63) is 83.4 Å². The van der Waals surface area contributed by atoms with Crippen molar-refractivity contribution < 1.29 is 29.1 Å². The molecule has 0 fully saturated rings. The fraction of sp³-hybridized carbons (Fsp3) is 0.323. The smallest absolute Gasteiger partial charge is 0.305 e. The van der Waals surface area contributed by atoms with E-state index in [0.717, 1.165) is 21.2 Å². The molecule has 0 spiro atoms. The predicted molar refractivity (Wildman–Crippen MR) is 151 cm³/mol. The van der Waals surface area contributed by atoms with E-state index in [9.17, 15) is 24.3 Å². The van der Waals surface area contributed by atoms with E-state index in [2.05, 4.69) is 10.5 Å². The van der Waals surface area contributed by atoms with Crippen molar-refractivity contribution in [2.24, 2.45) is 11.1 Å². The normalized spacial score (nSPS) is 17.7. The second-order valence-corrected chi connectivity index (χ2v) is 10.4. The molecule has 0 saturated carbocycles. The lowest BCUT2D eigenvalue weighted by Crippen LogP contribution is -2.51. The first-order valence-electron chi connectivity index (χ1n) is 13.1. The van der Waals surface area contributed by atoms with E-state index in [1.807, 2.05) is 56.3 Å². The van der Waals surface area contributed by atoms with Crippen LogP contribution in [-0.2, 0) is 24.8 Å². The number of fused-ring (bicyclic) bond motifs is 1. The number of hydrogen-bond acceptors (Lipinski definition) is 6. The van der Waals surface area contributed by atoms with Gasteiger partial charge in [0.25, 0.3) is 11.8 Å². The van der Waals surface area contributed by atoms with Gasteiger partial charge < -0.3 is 20.2 Å². The summed E-state index contributed by atoms with van der Waals surface area (Å²) in [6.07, 6.45) is 1.05. The van der Waals surface area contributed by atoms with E-state index in [4.69, 9.17) is 4.84 Å². The van der Waals surface area contributed by atoms with Gasteiger partial charge in [-0.05, 0) is 47.4 Å². The highest BCUT2D eigenvalue weighted by Crippen LogP contribution is 2.37. The number of Topliss-reactive ketones (excluding diaryl/α,β-unsaturated/α-hetero) is 1. The summed E-state index contributed by atoms with van der Waals surface area (Å²) in [4.78, 5) is 57.5. The van der Waals surface area contributed by atoms with Gasteiger partial charge in [-0.25, -0.2) is 0 Å². The molecular weight excluding hydrogens is 510 g/mol. The van der Waals surface area contributed by atoms with Gasteiger partial charge in [0.05, 0.1) is 12.5 Å². The average Bonchev–Trinajstić information content (AvgIpc) is 3.44. The molecule has 4 rings (SSSR count). The SMILES string of the molecule is CC(=O)[C@H](CC(=O)O)N(C)C(=O)C1(c2cccc([C@@H](NC(=O)c3ccc4ccccc4c3)C(C)C)c2)CC=NO1. The summed E-state index contributed by atoms with van der Waals surface area (Å²) in [6.45, 7) is 5.23. The molecule has 9 heteroatoms. The van der Waals surface area contributed by atoms with Gasteiger partial charge >= 0.3 is 5.97 Å². The first-order chi connectivity index (χ1) is 19.0. The molecule has 3 aromatic rings. The summed E-state index contributed by atoms with van der Waals surface area (Å²) < 4.78 is 0. The zero-order valence-corrected chi connectivity index (χ0v) is 23.0. The minimum Gasteiger partial charge on any atom is -0.481 e. The van der Waals surface area contributed by atoms with Crippen LogP contribution < -0.4 is 5.32 Å². The monoisotopic (exact) mass is 543 g/mol. The molecule has 1 unspecified atom stereocenters. The van der Waals surface area contributed by atoms with Crippen LogP contribution in [0, 0.1) is 5.92 Å². The maximum atomic E-state index is 13.8. The Labute approximate surface area is 232 Å². The van der Waals surface area contributed by atoms with E-state index in [1.165, 1.54) is 20.2 Å². The molecule has 0 aliphatic carbocycles. The van der Waals surface area contributed by atoms with Crippen molar-refractivity contribution in [3.63, 3.8) is 0 Å². The molecule has 40 heavy (non-hydrogen) atoms. The van der Waals surface area contributed by atoms with Gasteiger partial charge in [0.2, 0.25) is 5.60 Å². The molecule has 3 atom stereocenters. The quantitative estimate of drug-likeness (QED) is 0.389. The predicted octanol–water partition coefficient (Wildman–Crippen LogP) is 4.46. The second-order valence-electron chi connectivity index (χ2n) is 10.4. The Morgan fingerprint density at radius 1 is 1.02 bits per heavy atom. The number of aliphatic carboxylic acids is 1. The summed E-state index contributed by atoms with van der Waals surface area (Å²) >= 11 is 0. The minimum absolute atomic E-state index is 0.00684. The van der Waals surface area contributed by atoms with Gasteiger partial charge in [-0.15, -0.1) is 0 Å². The number of hydrogen-bond donors (Lipinski definition) is 2. The zero-order valence-electron chi connectivity index (χ0n) is 23.0. The van der Waals surface area contributed by atoms with Crippen molar-refractivity contribution in [1.82, 2.24) is 10.2 Å². The molecule has 3 aromatic carbocycles. The molecule has 1 heterocycles. The Bertz CT molecular complexity index is 1470. The van der Waals surface area contributed by atoms with Crippen molar-refractivity contribution in [3.8, 4) is 0 Å². The number of nitrogens with zero attached hydrogens (tertiary/aromatic N) is 2. The maximum Gasteiger partial charge on any atom is 0.305 e. The largest absolute Gasteiger partial charge is 0.481 e. The summed E-state index contributed by atoms with van der Waals surface area (Å²) in [5, 5.41) is 18.3. The summed E-state index contributed by atoms with van der Waals surface area (Å²) in [5.41, 5.74) is 0.221. The molecular formula is C31H33N3O6. The fourth-order valence-corrected chi connectivity index (χ4v) is 5.07. The molecule has 0 saturated heterocycles. The van der Waals surface area contributed by atoms with Crippen molar-refractivity contribution >= 4 is 40.6 Å². The Hall–Kier alpha value is -4.53. The number of rotatable bonds is 10. The Morgan fingerprint density at radius 3 is 2.38 bits per heavy atom. The van der Waals surface area contributed by atoms with E-state index < -0.39 is 35.7 Å². The number of amides is 2. The van der Waals surface area contributed by atoms with Crippen LogP contribution in [0.5, 0.6) is 0 Å². The molecule has 2 N–H and O–H groups in total. The standard InChI is InChI=1S/C31H33N3O6/c1-19(2)28(33-29(38)24-13-12-21-8-5-6-9-22(21)16-24)23-10-7-11-25(17-23)31(14-15-32-40-31)30(39)34(4)26(20(3)35)18-27(36)37/h5-13,15-17,19,26,28H,14,18H2,1-4H3,(H,33,38)(H,36,37)/t26-,28-,31?/m0/s1. The minimum atomic E-state index is -1.57. The number of oxime groups is 1. The number of likely N-dealkylation sites (N-methyl/N-ethyl adjacent to an activating group) is 1. The van der Waals surface area contributed by atoms with Crippen molar-refractivity contribution in [2.45, 2.75) is 51.3 Å². The molecule has 0 aromatic heterocycles. The molecule has 208 valence electrons. The molecule has 2 amide bonds. The van der Waals surface area contributed by atoms with Gasteiger partial charge in [0, 0.05) is 30.8 Å². The van der Waals surface area contributed by atoms with Crippen molar-refractivity contribution in [1.29, 1.82) is 0 Å². The third-order valence-corrected chi connectivity index (χ3v) is 7.31. The lowest BCUT2D eigenvalue weighted by Gasteiger charge is -2.34. The Morgan fingerprint density at radius 2 is 1.75 bits per heavy atom. The number of ketones is 1. The van der Waals surface area contributed by atoms with Gasteiger partial charge in [-0.1, -0.05) is 67.5 Å². The van der Waals surface area contributed by atoms with Gasteiger partial charge in [0.15, 0.2) is 5.78 Å². The first kappa shape index (κ1) is 28.5. The van der Waals surface area contributed by atoms with Gasteiger partial charge in [-0.3, -0.25) is 19.2 Å². The molecule has 0 radical (unpaired) electrons. The number of carboxylic acids is 1. The van der Waals surface area contributed by atoms with Gasteiger partial charge in [0.1, 0.15) is 6.04 Å². The number of nitrogens with one attached hydrogen (secondary N) is 1. The third kappa shape index (κ3) is 5.73. The van der Waals surface area contributed by atoms with E-state index in [1.54, 1.807) is 24.3 Å². The lowest BCUT2D eigenvalue weighted by molar-refractivity contribution is -0.160. The molecule has 1 aliphatic rings. The number of carboxylic acid groups (broad SMARTS) is 1. The summed E-state index contributed by atoms with van der Waals surface area (Å²) in [5.74, 6) is -2.44. The third-order valence-electron chi connectivity index (χ3n) is 7.31. The Kier molecular flexibility index (Phi) is 8.32. The van der Waals surface area contributed by atoms with Crippen molar-refractivity contribution in [2.75, 3.05) is 7.05 Å². The second kappa shape index (κ2) is 11.7. The topological polar surface area (TPSA) is 125 Å². The summed E-state index contributed by atoms with van der Waals surface area (Å²) in [6, 6.07) is 19.0. The van der Waals surface area contributed by atoms with Crippen LogP contribution in [-0.4, -0.2) is 52.9 Å². The average molecular weight is 544 g/mol. The first-order valence-corrected chi connectivity index (χ1v) is 13.1. The van der Waals surface area contributed by atoms with Gasteiger partial charge in [-0.2, -0.15) is 0 Å².